The molecule has 2 rings (SSSR count). The maximum Gasteiger partial charge on any atom is 0.251 e. The topological polar surface area (TPSA) is 70.7 Å². The van der Waals surface area contributed by atoms with Crippen molar-refractivity contribution in [3.8, 4) is 0 Å². The maximum atomic E-state index is 12.1. The van der Waals surface area contributed by atoms with Crippen molar-refractivity contribution in [2.24, 2.45) is 0 Å². The van der Waals surface area contributed by atoms with E-state index in [0.29, 0.717) is 12.1 Å². The SMILES string of the molecule is CC(C)(C)Sc1cc(C(=O)NCc2ncc[nH]2)ccn1. The minimum absolute atomic E-state index is 0.0657. The molecule has 0 radical (unpaired) electrons. The monoisotopic (exact) mass is 290 g/mol. The molecular weight excluding hydrogens is 272 g/mol. The lowest BCUT2D eigenvalue weighted by atomic mass is 10.2. The van der Waals surface area contributed by atoms with Crippen LogP contribution in [0.1, 0.15) is 37.0 Å². The van der Waals surface area contributed by atoms with Crippen LogP contribution in [0, 0.1) is 0 Å². The van der Waals surface area contributed by atoms with Crippen molar-refractivity contribution in [3.05, 3.63) is 42.1 Å². The standard InChI is InChI=1S/C14H18N4OS/c1-14(2,3)20-12-8-10(4-5-17-12)13(19)18-9-11-15-6-7-16-11/h4-8H,9H2,1-3H3,(H,15,16)(H,18,19). The number of thioether (sulfide) groups is 1. The zero-order valence-corrected chi connectivity index (χ0v) is 12.6. The molecule has 0 saturated heterocycles. The first-order valence-electron chi connectivity index (χ1n) is 6.35. The molecule has 0 fully saturated rings. The van der Waals surface area contributed by atoms with Gasteiger partial charge in [0.2, 0.25) is 0 Å². The van der Waals surface area contributed by atoms with E-state index in [1.807, 2.05) is 6.07 Å². The van der Waals surface area contributed by atoms with Crippen molar-refractivity contribution in [1.29, 1.82) is 0 Å². The summed E-state index contributed by atoms with van der Waals surface area (Å²) in [6.45, 7) is 6.73. The molecule has 0 aromatic carbocycles. The molecular formula is C14H18N4OS. The summed E-state index contributed by atoms with van der Waals surface area (Å²) in [7, 11) is 0. The van der Waals surface area contributed by atoms with Crippen molar-refractivity contribution in [2.45, 2.75) is 37.1 Å². The second kappa shape index (κ2) is 6.09. The largest absolute Gasteiger partial charge is 0.347 e. The summed E-state index contributed by atoms with van der Waals surface area (Å²) < 4.78 is 0.0657. The molecule has 5 nitrogen and oxygen atoms in total. The fourth-order valence-electron chi connectivity index (χ4n) is 1.58. The fourth-order valence-corrected chi connectivity index (χ4v) is 2.51. The highest BCUT2D eigenvalue weighted by Gasteiger charge is 2.14. The summed E-state index contributed by atoms with van der Waals surface area (Å²) in [6, 6.07) is 3.53. The third kappa shape index (κ3) is 4.38. The molecule has 2 N–H and O–H groups in total. The van der Waals surface area contributed by atoms with E-state index in [1.165, 1.54) is 0 Å². The number of rotatable bonds is 4. The van der Waals surface area contributed by atoms with Gasteiger partial charge in [-0.3, -0.25) is 4.79 Å². The second-order valence-electron chi connectivity index (χ2n) is 5.32. The van der Waals surface area contributed by atoms with Gasteiger partial charge in [0.25, 0.3) is 5.91 Å². The minimum atomic E-state index is -0.125. The van der Waals surface area contributed by atoms with Crippen LogP contribution in [0.2, 0.25) is 0 Å². The zero-order valence-electron chi connectivity index (χ0n) is 11.8. The average molecular weight is 290 g/mol. The summed E-state index contributed by atoms with van der Waals surface area (Å²) in [5.74, 6) is 0.608. The van der Waals surface area contributed by atoms with Crippen LogP contribution in [0.3, 0.4) is 0 Å². The van der Waals surface area contributed by atoms with Gasteiger partial charge in [-0.25, -0.2) is 9.97 Å². The van der Waals surface area contributed by atoms with Crippen LogP contribution in [-0.2, 0) is 6.54 Å². The van der Waals surface area contributed by atoms with E-state index in [2.05, 4.69) is 41.0 Å². The number of H-pyrrole nitrogens is 1. The van der Waals surface area contributed by atoms with Gasteiger partial charge in [-0.05, 0) is 12.1 Å². The van der Waals surface area contributed by atoms with Crippen LogP contribution < -0.4 is 5.32 Å². The maximum absolute atomic E-state index is 12.1. The van der Waals surface area contributed by atoms with Crippen LogP contribution in [0.25, 0.3) is 0 Å². The van der Waals surface area contributed by atoms with Crippen molar-refractivity contribution in [3.63, 3.8) is 0 Å². The average Bonchev–Trinajstić information content (AvgIpc) is 2.87. The highest BCUT2D eigenvalue weighted by atomic mass is 32.2. The number of imidazole rings is 1. The smallest absolute Gasteiger partial charge is 0.251 e. The highest BCUT2D eigenvalue weighted by molar-refractivity contribution is 8.00. The molecule has 0 bridgehead atoms. The number of nitrogens with zero attached hydrogens (tertiary/aromatic N) is 2. The molecule has 2 aromatic heterocycles. The Labute approximate surface area is 122 Å². The van der Waals surface area contributed by atoms with E-state index in [9.17, 15) is 4.79 Å². The third-order valence-corrected chi connectivity index (χ3v) is 3.42. The fraction of sp³-hybridized carbons (Fsp3) is 0.357. The van der Waals surface area contributed by atoms with Crippen molar-refractivity contribution in [1.82, 2.24) is 20.3 Å². The second-order valence-corrected chi connectivity index (χ2v) is 7.16. The van der Waals surface area contributed by atoms with E-state index >= 15 is 0 Å². The van der Waals surface area contributed by atoms with Gasteiger partial charge < -0.3 is 10.3 Å². The molecule has 106 valence electrons. The number of aromatic amines is 1. The molecule has 0 aliphatic heterocycles. The lowest BCUT2D eigenvalue weighted by Crippen LogP contribution is -2.23. The van der Waals surface area contributed by atoms with Gasteiger partial charge >= 0.3 is 0 Å². The van der Waals surface area contributed by atoms with Gasteiger partial charge in [-0.2, -0.15) is 0 Å². The first kappa shape index (κ1) is 14.6. The number of carbonyl (C=O) groups is 1. The van der Waals surface area contributed by atoms with Gasteiger partial charge in [0, 0.05) is 28.9 Å². The van der Waals surface area contributed by atoms with Crippen molar-refractivity contribution >= 4 is 17.7 Å². The first-order chi connectivity index (χ1) is 9.44. The van der Waals surface area contributed by atoms with Gasteiger partial charge in [0.15, 0.2) is 0 Å². The van der Waals surface area contributed by atoms with E-state index in [-0.39, 0.29) is 10.7 Å². The Balaban J connectivity index is 2.01. The molecule has 0 aliphatic carbocycles. The Morgan fingerprint density at radius 3 is 2.80 bits per heavy atom. The van der Waals surface area contributed by atoms with Crippen molar-refractivity contribution < 1.29 is 4.79 Å². The number of aromatic nitrogens is 3. The van der Waals surface area contributed by atoms with E-state index in [1.54, 1.807) is 36.4 Å². The predicted molar refractivity (Wildman–Crippen MR) is 79.6 cm³/mol. The van der Waals surface area contributed by atoms with Crippen LogP contribution >= 0.6 is 11.8 Å². The van der Waals surface area contributed by atoms with Gasteiger partial charge in [-0.1, -0.05) is 20.8 Å². The Morgan fingerprint density at radius 1 is 1.35 bits per heavy atom. The Hall–Kier alpha value is -1.82. The van der Waals surface area contributed by atoms with Gasteiger partial charge in [0.1, 0.15) is 5.82 Å². The zero-order chi connectivity index (χ0) is 14.6. The van der Waals surface area contributed by atoms with E-state index in [4.69, 9.17) is 0 Å². The lowest BCUT2D eigenvalue weighted by molar-refractivity contribution is 0.0949. The summed E-state index contributed by atoms with van der Waals surface area (Å²) in [5.41, 5.74) is 0.610. The molecule has 2 aromatic rings. The number of carbonyl (C=O) groups excluding carboxylic acids is 1. The summed E-state index contributed by atoms with van der Waals surface area (Å²) in [4.78, 5) is 23.4. The lowest BCUT2D eigenvalue weighted by Gasteiger charge is -2.16. The summed E-state index contributed by atoms with van der Waals surface area (Å²) >= 11 is 1.64. The first-order valence-corrected chi connectivity index (χ1v) is 7.17. The van der Waals surface area contributed by atoms with Crippen LogP contribution in [0.15, 0.2) is 35.7 Å². The van der Waals surface area contributed by atoms with E-state index < -0.39 is 0 Å². The van der Waals surface area contributed by atoms with E-state index in [0.717, 1.165) is 10.9 Å². The molecule has 6 heteroatoms. The number of hydrogen-bond donors (Lipinski definition) is 2. The summed E-state index contributed by atoms with van der Waals surface area (Å²) in [6.07, 6.45) is 5.05. The normalized spacial score (nSPS) is 11.3. The molecule has 0 unspecified atom stereocenters. The Bertz CT molecular complexity index is 575. The molecule has 1 amide bonds. The number of pyridine rings is 1. The molecule has 20 heavy (non-hydrogen) atoms. The van der Waals surface area contributed by atoms with Crippen LogP contribution in [0.5, 0.6) is 0 Å². The quantitative estimate of drug-likeness (QED) is 0.849. The van der Waals surface area contributed by atoms with Crippen molar-refractivity contribution in [2.75, 3.05) is 0 Å². The van der Waals surface area contributed by atoms with Crippen LogP contribution in [-0.4, -0.2) is 25.6 Å². The van der Waals surface area contributed by atoms with Gasteiger partial charge in [-0.15, -0.1) is 11.8 Å². The molecule has 0 atom stereocenters. The molecule has 0 aliphatic rings. The Kier molecular flexibility index (Phi) is 4.44. The van der Waals surface area contributed by atoms with Gasteiger partial charge in [0.05, 0.1) is 11.6 Å². The molecule has 0 spiro atoms. The van der Waals surface area contributed by atoms with Crippen LogP contribution in [0.4, 0.5) is 0 Å². The number of nitrogens with one attached hydrogen (secondary N) is 2. The predicted octanol–water partition coefficient (Wildman–Crippen LogP) is 2.63. The Morgan fingerprint density at radius 2 is 2.15 bits per heavy atom. The summed E-state index contributed by atoms with van der Waals surface area (Å²) in [5, 5.41) is 3.67. The minimum Gasteiger partial charge on any atom is -0.347 e. The third-order valence-electron chi connectivity index (χ3n) is 2.38. The highest BCUT2D eigenvalue weighted by Crippen LogP contribution is 2.30. The number of amides is 1. The molecule has 2 heterocycles. The number of hydrogen-bond acceptors (Lipinski definition) is 4. The molecule has 0 saturated carbocycles.